The number of carbonyl (C=O) groups is 1. The maximum atomic E-state index is 12.1. The Morgan fingerprint density at radius 3 is 2.78 bits per heavy atom. The minimum Gasteiger partial charge on any atom is -0.354 e. The molecule has 1 rings (SSSR count). The van der Waals surface area contributed by atoms with Crippen LogP contribution in [0.15, 0.2) is 0 Å². The number of amides is 1. The molecular formula is C18H30N4O. The van der Waals surface area contributed by atoms with E-state index in [1.165, 1.54) is 19.3 Å². The number of hydrogen-bond acceptors (Lipinski definition) is 3. The molecular weight excluding hydrogens is 288 g/mol. The van der Waals surface area contributed by atoms with E-state index in [1.54, 1.807) is 0 Å². The Morgan fingerprint density at radius 2 is 2.13 bits per heavy atom. The smallest absolute Gasteiger partial charge is 0.220 e. The SMILES string of the molecule is CCCCCC(C)NC(=O)CCc1c(C)nn(CCC#N)c1C. The van der Waals surface area contributed by atoms with E-state index < -0.39 is 0 Å². The maximum absolute atomic E-state index is 12.1. The van der Waals surface area contributed by atoms with Gasteiger partial charge in [-0.05, 0) is 39.2 Å². The second-order valence-corrected chi connectivity index (χ2v) is 6.24. The van der Waals surface area contributed by atoms with E-state index in [0.717, 1.165) is 23.4 Å². The number of aryl methyl sites for hydroxylation is 2. The summed E-state index contributed by atoms with van der Waals surface area (Å²) >= 11 is 0. The Kier molecular flexibility index (Phi) is 8.39. The number of nitrogens with zero attached hydrogens (tertiary/aromatic N) is 3. The molecule has 0 aromatic carbocycles. The highest BCUT2D eigenvalue weighted by Crippen LogP contribution is 2.15. The van der Waals surface area contributed by atoms with Crippen LogP contribution in [-0.4, -0.2) is 21.7 Å². The van der Waals surface area contributed by atoms with Crippen LogP contribution in [0, 0.1) is 25.2 Å². The van der Waals surface area contributed by atoms with E-state index >= 15 is 0 Å². The average molecular weight is 318 g/mol. The Hall–Kier alpha value is -1.83. The highest BCUT2D eigenvalue weighted by molar-refractivity contribution is 5.76. The van der Waals surface area contributed by atoms with Crippen LogP contribution in [0.2, 0.25) is 0 Å². The topological polar surface area (TPSA) is 70.7 Å². The molecule has 0 spiro atoms. The van der Waals surface area contributed by atoms with Crippen molar-refractivity contribution >= 4 is 5.91 Å². The third-order valence-electron chi connectivity index (χ3n) is 4.22. The first-order valence-electron chi connectivity index (χ1n) is 8.68. The lowest BCUT2D eigenvalue weighted by Gasteiger charge is -2.13. The summed E-state index contributed by atoms with van der Waals surface area (Å²) in [4.78, 5) is 12.1. The molecule has 0 aliphatic heterocycles. The van der Waals surface area contributed by atoms with E-state index in [9.17, 15) is 4.79 Å². The first-order valence-corrected chi connectivity index (χ1v) is 8.68. The largest absolute Gasteiger partial charge is 0.354 e. The molecule has 5 nitrogen and oxygen atoms in total. The molecule has 1 heterocycles. The average Bonchev–Trinajstić information content (AvgIpc) is 2.77. The standard InChI is InChI=1S/C18H30N4O/c1-5-6-7-9-14(2)20-18(23)11-10-17-15(3)21-22(16(17)4)13-8-12-19/h14H,5-11,13H2,1-4H3,(H,20,23). The van der Waals surface area contributed by atoms with Gasteiger partial charge in [0, 0.05) is 18.2 Å². The van der Waals surface area contributed by atoms with E-state index in [0.29, 0.717) is 25.8 Å². The predicted molar refractivity (Wildman–Crippen MR) is 92.0 cm³/mol. The van der Waals surface area contributed by atoms with Gasteiger partial charge in [0.25, 0.3) is 0 Å². The van der Waals surface area contributed by atoms with Gasteiger partial charge in [-0.1, -0.05) is 26.2 Å². The Morgan fingerprint density at radius 1 is 1.39 bits per heavy atom. The molecule has 0 radical (unpaired) electrons. The summed E-state index contributed by atoms with van der Waals surface area (Å²) in [5, 5.41) is 16.2. The molecule has 0 aliphatic carbocycles. The molecule has 1 amide bonds. The summed E-state index contributed by atoms with van der Waals surface area (Å²) in [7, 11) is 0. The minimum atomic E-state index is 0.109. The number of unbranched alkanes of at least 4 members (excludes halogenated alkanes) is 2. The van der Waals surface area contributed by atoms with Crippen LogP contribution in [0.25, 0.3) is 0 Å². The molecule has 0 bridgehead atoms. The summed E-state index contributed by atoms with van der Waals surface area (Å²) in [6.07, 6.45) is 6.29. The first-order chi connectivity index (χ1) is 11.0. The molecule has 1 N–H and O–H groups in total. The molecule has 0 aliphatic rings. The van der Waals surface area contributed by atoms with Crippen LogP contribution in [0.1, 0.15) is 69.3 Å². The third-order valence-corrected chi connectivity index (χ3v) is 4.22. The van der Waals surface area contributed by atoms with Crippen LogP contribution in [0.4, 0.5) is 0 Å². The van der Waals surface area contributed by atoms with E-state index in [-0.39, 0.29) is 11.9 Å². The summed E-state index contributed by atoms with van der Waals surface area (Å²) in [6, 6.07) is 2.38. The van der Waals surface area contributed by atoms with Gasteiger partial charge in [-0.15, -0.1) is 0 Å². The molecule has 5 heteroatoms. The van der Waals surface area contributed by atoms with Gasteiger partial charge in [-0.25, -0.2) is 0 Å². The predicted octanol–water partition coefficient (Wildman–Crippen LogP) is 3.43. The van der Waals surface area contributed by atoms with Gasteiger partial charge < -0.3 is 5.32 Å². The molecule has 23 heavy (non-hydrogen) atoms. The fourth-order valence-corrected chi connectivity index (χ4v) is 2.83. The highest BCUT2D eigenvalue weighted by atomic mass is 16.1. The quantitative estimate of drug-likeness (QED) is 0.672. The van der Waals surface area contributed by atoms with Crippen molar-refractivity contribution in [3.05, 3.63) is 17.0 Å². The van der Waals surface area contributed by atoms with Crippen molar-refractivity contribution in [3.8, 4) is 6.07 Å². The summed E-state index contributed by atoms with van der Waals surface area (Å²) in [6.45, 7) is 8.85. The maximum Gasteiger partial charge on any atom is 0.220 e. The van der Waals surface area contributed by atoms with Gasteiger partial charge in [-0.3, -0.25) is 9.48 Å². The minimum absolute atomic E-state index is 0.109. The second-order valence-electron chi connectivity index (χ2n) is 6.24. The van der Waals surface area contributed by atoms with Crippen molar-refractivity contribution in [2.75, 3.05) is 0 Å². The van der Waals surface area contributed by atoms with Crippen LogP contribution < -0.4 is 5.32 Å². The van der Waals surface area contributed by atoms with Gasteiger partial charge in [-0.2, -0.15) is 10.4 Å². The molecule has 1 aromatic heterocycles. The second kappa shape index (κ2) is 10.0. The van der Waals surface area contributed by atoms with Crippen molar-refractivity contribution in [3.63, 3.8) is 0 Å². The lowest BCUT2D eigenvalue weighted by molar-refractivity contribution is -0.121. The summed E-state index contributed by atoms with van der Waals surface area (Å²) in [5.41, 5.74) is 3.17. The molecule has 1 unspecified atom stereocenters. The number of nitrogens with one attached hydrogen (secondary N) is 1. The van der Waals surface area contributed by atoms with Crippen LogP contribution >= 0.6 is 0 Å². The highest BCUT2D eigenvalue weighted by Gasteiger charge is 2.14. The zero-order valence-corrected chi connectivity index (χ0v) is 15.0. The van der Waals surface area contributed by atoms with Crippen LogP contribution in [0.3, 0.4) is 0 Å². The zero-order chi connectivity index (χ0) is 17.2. The van der Waals surface area contributed by atoms with Crippen LogP contribution in [0.5, 0.6) is 0 Å². The van der Waals surface area contributed by atoms with Crippen molar-refractivity contribution < 1.29 is 4.79 Å². The van der Waals surface area contributed by atoms with Crippen molar-refractivity contribution in [2.24, 2.45) is 0 Å². The normalized spacial score (nSPS) is 12.0. The third kappa shape index (κ3) is 6.43. The van der Waals surface area contributed by atoms with Gasteiger partial charge in [0.1, 0.15) is 0 Å². The van der Waals surface area contributed by atoms with Crippen molar-refractivity contribution in [1.29, 1.82) is 5.26 Å². The van der Waals surface area contributed by atoms with Crippen molar-refractivity contribution in [2.45, 2.75) is 85.2 Å². The Bertz CT molecular complexity index is 542. The summed E-state index contributed by atoms with van der Waals surface area (Å²) in [5.74, 6) is 0.109. The number of carbonyl (C=O) groups excluding carboxylic acids is 1. The Labute approximate surface area is 140 Å². The molecule has 0 saturated heterocycles. The van der Waals surface area contributed by atoms with Gasteiger partial charge in [0.05, 0.1) is 24.7 Å². The fraction of sp³-hybridized carbons (Fsp3) is 0.722. The number of nitriles is 1. The van der Waals surface area contributed by atoms with E-state index in [1.807, 2.05) is 18.5 Å². The monoisotopic (exact) mass is 318 g/mol. The number of rotatable bonds is 10. The molecule has 1 atom stereocenters. The van der Waals surface area contributed by atoms with Gasteiger partial charge >= 0.3 is 0 Å². The van der Waals surface area contributed by atoms with Crippen LogP contribution in [-0.2, 0) is 17.8 Å². The Balaban J connectivity index is 2.47. The lowest BCUT2D eigenvalue weighted by Crippen LogP contribution is -2.32. The molecule has 1 aromatic rings. The molecule has 0 saturated carbocycles. The summed E-state index contributed by atoms with van der Waals surface area (Å²) < 4.78 is 1.87. The molecule has 128 valence electrons. The van der Waals surface area contributed by atoms with E-state index in [2.05, 4.69) is 30.3 Å². The number of hydrogen-bond donors (Lipinski definition) is 1. The zero-order valence-electron chi connectivity index (χ0n) is 15.0. The lowest BCUT2D eigenvalue weighted by atomic mass is 10.1. The van der Waals surface area contributed by atoms with Gasteiger partial charge in [0.15, 0.2) is 0 Å². The van der Waals surface area contributed by atoms with E-state index in [4.69, 9.17) is 5.26 Å². The van der Waals surface area contributed by atoms with Crippen molar-refractivity contribution in [1.82, 2.24) is 15.1 Å². The number of aromatic nitrogens is 2. The first kappa shape index (κ1) is 19.2. The fourth-order valence-electron chi connectivity index (χ4n) is 2.83. The van der Waals surface area contributed by atoms with Gasteiger partial charge in [0.2, 0.25) is 5.91 Å². The molecule has 0 fully saturated rings.